The minimum absolute atomic E-state index is 0.000683. The third kappa shape index (κ3) is 3.43. The molecule has 0 spiro atoms. The van der Waals surface area contributed by atoms with Gasteiger partial charge in [0.25, 0.3) is 0 Å². The first-order chi connectivity index (χ1) is 9.08. The van der Waals surface area contributed by atoms with Crippen molar-refractivity contribution in [1.29, 1.82) is 0 Å². The van der Waals surface area contributed by atoms with Crippen molar-refractivity contribution in [3.05, 3.63) is 35.4 Å². The van der Waals surface area contributed by atoms with Crippen LogP contribution >= 0.6 is 0 Å². The van der Waals surface area contributed by atoms with E-state index in [2.05, 4.69) is 0 Å². The van der Waals surface area contributed by atoms with E-state index in [1.54, 1.807) is 0 Å². The van der Waals surface area contributed by atoms with Crippen molar-refractivity contribution in [3.63, 3.8) is 0 Å². The zero-order valence-corrected chi connectivity index (χ0v) is 11.3. The van der Waals surface area contributed by atoms with Gasteiger partial charge in [0.15, 0.2) is 5.78 Å². The Kier molecular flexibility index (Phi) is 4.35. The number of Topliss-reactive ketones (excluding diaryl/α,β-unsaturated/α-hetero) is 1. The first kappa shape index (κ1) is 13.8. The third-order valence-electron chi connectivity index (χ3n) is 4.01. The summed E-state index contributed by atoms with van der Waals surface area (Å²) in [5, 5.41) is 9.22. The molecule has 1 aromatic carbocycles. The Balaban J connectivity index is 2.07. The highest BCUT2D eigenvalue weighted by molar-refractivity contribution is 5.96. The van der Waals surface area contributed by atoms with Crippen molar-refractivity contribution in [2.45, 2.75) is 39.0 Å². The molecule has 0 heterocycles. The molecule has 0 radical (unpaired) electrons. The normalized spacial score (nSPS) is 23.0. The average Bonchev–Trinajstić information content (AvgIpc) is 2.39. The summed E-state index contributed by atoms with van der Waals surface area (Å²) >= 11 is 0. The average molecular weight is 260 g/mol. The first-order valence-electron chi connectivity index (χ1n) is 6.90. The van der Waals surface area contributed by atoms with E-state index in [9.17, 15) is 14.7 Å². The van der Waals surface area contributed by atoms with E-state index in [-0.39, 0.29) is 17.6 Å². The number of aryl methyl sites for hydroxylation is 1. The molecule has 1 fully saturated rings. The van der Waals surface area contributed by atoms with Crippen LogP contribution in [0.25, 0.3) is 0 Å². The number of ketones is 1. The van der Waals surface area contributed by atoms with E-state index in [1.165, 1.54) is 0 Å². The van der Waals surface area contributed by atoms with Crippen LogP contribution in [-0.2, 0) is 4.79 Å². The number of carboxylic acids is 1. The van der Waals surface area contributed by atoms with E-state index >= 15 is 0 Å². The van der Waals surface area contributed by atoms with Gasteiger partial charge in [-0.25, -0.2) is 0 Å². The Hall–Kier alpha value is -1.64. The maximum atomic E-state index is 12.2. The lowest BCUT2D eigenvalue weighted by Crippen LogP contribution is -2.28. The van der Waals surface area contributed by atoms with Crippen molar-refractivity contribution in [3.8, 4) is 0 Å². The summed E-state index contributed by atoms with van der Waals surface area (Å²) in [5.74, 6) is -1.02. The SMILES string of the molecule is Cc1cccc(C(=O)C[C@@H]2CCCC[C@H]2C(=O)O)c1. The summed E-state index contributed by atoms with van der Waals surface area (Å²) in [4.78, 5) is 23.5. The fraction of sp³-hybridized carbons (Fsp3) is 0.500. The van der Waals surface area contributed by atoms with E-state index < -0.39 is 5.97 Å². The van der Waals surface area contributed by atoms with Crippen LogP contribution in [0.4, 0.5) is 0 Å². The van der Waals surface area contributed by atoms with Crippen LogP contribution in [0.15, 0.2) is 24.3 Å². The molecule has 1 aliphatic carbocycles. The minimum Gasteiger partial charge on any atom is -0.481 e. The number of hydrogen-bond donors (Lipinski definition) is 1. The molecule has 3 nitrogen and oxygen atoms in total. The summed E-state index contributed by atoms with van der Waals surface area (Å²) in [6.45, 7) is 1.96. The van der Waals surface area contributed by atoms with E-state index in [4.69, 9.17) is 0 Å². The molecule has 1 aliphatic rings. The monoisotopic (exact) mass is 260 g/mol. The Morgan fingerprint density at radius 1 is 1.26 bits per heavy atom. The number of carboxylic acid groups (broad SMARTS) is 1. The van der Waals surface area contributed by atoms with Crippen LogP contribution in [0.2, 0.25) is 0 Å². The molecule has 3 heteroatoms. The van der Waals surface area contributed by atoms with Gasteiger partial charge in [0.1, 0.15) is 0 Å². The highest BCUT2D eigenvalue weighted by Crippen LogP contribution is 2.33. The van der Waals surface area contributed by atoms with E-state index in [1.807, 2.05) is 31.2 Å². The van der Waals surface area contributed by atoms with Crippen molar-refractivity contribution >= 4 is 11.8 Å². The lowest BCUT2D eigenvalue weighted by molar-refractivity contribution is -0.144. The minimum atomic E-state index is -0.748. The first-order valence-corrected chi connectivity index (χ1v) is 6.90. The predicted octanol–water partition coefficient (Wildman–Crippen LogP) is 3.46. The Morgan fingerprint density at radius 3 is 2.68 bits per heavy atom. The fourth-order valence-corrected chi connectivity index (χ4v) is 2.95. The van der Waals surface area contributed by atoms with Crippen molar-refractivity contribution in [2.24, 2.45) is 11.8 Å². The summed E-state index contributed by atoms with van der Waals surface area (Å²) in [7, 11) is 0. The van der Waals surface area contributed by atoms with Crippen molar-refractivity contribution in [1.82, 2.24) is 0 Å². The molecule has 1 saturated carbocycles. The molecule has 2 rings (SSSR count). The molecule has 1 aromatic rings. The molecule has 102 valence electrons. The molecule has 0 unspecified atom stereocenters. The van der Waals surface area contributed by atoms with Crippen LogP contribution in [0.3, 0.4) is 0 Å². The van der Waals surface area contributed by atoms with Gasteiger partial charge < -0.3 is 5.11 Å². The number of rotatable bonds is 4. The standard InChI is InChI=1S/C16H20O3/c1-11-5-4-7-13(9-11)15(17)10-12-6-2-3-8-14(12)16(18)19/h4-5,7,9,12,14H,2-3,6,8,10H2,1H3,(H,18,19)/t12-,14+/m0/s1. The molecule has 0 aromatic heterocycles. The molecule has 0 amide bonds. The molecule has 0 saturated heterocycles. The van der Waals surface area contributed by atoms with Crippen LogP contribution < -0.4 is 0 Å². The van der Waals surface area contributed by atoms with Gasteiger partial charge in [0, 0.05) is 12.0 Å². The molecule has 0 bridgehead atoms. The quantitative estimate of drug-likeness (QED) is 0.843. The Bertz CT molecular complexity index is 479. The second-order valence-corrected chi connectivity index (χ2v) is 5.49. The summed E-state index contributed by atoms with van der Waals surface area (Å²) in [6.07, 6.45) is 3.93. The lowest BCUT2D eigenvalue weighted by atomic mass is 9.76. The number of carbonyl (C=O) groups excluding carboxylic acids is 1. The van der Waals surface area contributed by atoms with Gasteiger partial charge in [0.2, 0.25) is 0 Å². The van der Waals surface area contributed by atoms with Crippen LogP contribution in [-0.4, -0.2) is 16.9 Å². The third-order valence-corrected chi connectivity index (χ3v) is 4.01. The van der Waals surface area contributed by atoms with Crippen LogP contribution in [0.1, 0.15) is 48.0 Å². The van der Waals surface area contributed by atoms with Crippen molar-refractivity contribution < 1.29 is 14.7 Å². The van der Waals surface area contributed by atoms with Gasteiger partial charge in [-0.15, -0.1) is 0 Å². The molecule has 1 N–H and O–H groups in total. The van der Waals surface area contributed by atoms with Crippen molar-refractivity contribution in [2.75, 3.05) is 0 Å². The van der Waals surface area contributed by atoms with E-state index in [0.717, 1.165) is 24.8 Å². The number of carbonyl (C=O) groups is 2. The predicted molar refractivity (Wildman–Crippen MR) is 73.2 cm³/mol. The van der Waals surface area contributed by atoms with Gasteiger partial charge in [-0.3, -0.25) is 9.59 Å². The fourth-order valence-electron chi connectivity index (χ4n) is 2.95. The Labute approximate surface area is 113 Å². The number of hydrogen-bond acceptors (Lipinski definition) is 2. The van der Waals surface area contributed by atoms with Gasteiger partial charge in [-0.2, -0.15) is 0 Å². The molecular weight excluding hydrogens is 240 g/mol. The summed E-state index contributed by atoms with van der Waals surface area (Å²) < 4.78 is 0. The number of aliphatic carboxylic acids is 1. The van der Waals surface area contributed by atoms with Gasteiger partial charge in [0.05, 0.1) is 5.92 Å². The summed E-state index contributed by atoms with van der Waals surface area (Å²) in [5.41, 5.74) is 1.76. The van der Waals surface area contributed by atoms with E-state index in [0.29, 0.717) is 18.4 Å². The molecule has 19 heavy (non-hydrogen) atoms. The van der Waals surface area contributed by atoms with Gasteiger partial charge in [-0.1, -0.05) is 36.6 Å². The lowest BCUT2D eigenvalue weighted by Gasteiger charge is -2.27. The maximum absolute atomic E-state index is 12.2. The zero-order valence-electron chi connectivity index (χ0n) is 11.3. The highest BCUT2D eigenvalue weighted by Gasteiger charge is 2.32. The molecule has 2 atom stereocenters. The molecular formula is C16H20O3. The van der Waals surface area contributed by atoms with Gasteiger partial charge in [-0.05, 0) is 31.7 Å². The largest absolute Gasteiger partial charge is 0.481 e. The smallest absolute Gasteiger partial charge is 0.306 e. The topological polar surface area (TPSA) is 54.4 Å². The second kappa shape index (κ2) is 6.00. The molecule has 0 aliphatic heterocycles. The van der Waals surface area contributed by atoms with Crippen LogP contribution in [0, 0.1) is 18.8 Å². The highest BCUT2D eigenvalue weighted by atomic mass is 16.4. The van der Waals surface area contributed by atoms with Crippen LogP contribution in [0.5, 0.6) is 0 Å². The van der Waals surface area contributed by atoms with Gasteiger partial charge >= 0.3 is 5.97 Å². The summed E-state index contributed by atoms with van der Waals surface area (Å²) in [6, 6.07) is 7.52. The number of benzene rings is 1. The maximum Gasteiger partial charge on any atom is 0.306 e. The second-order valence-electron chi connectivity index (χ2n) is 5.49. The Morgan fingerprint density at radius 2 is 2.00 bits per heavy atom. The zero-order chi connectivity index (χ0) is 13.8.